The molecule has 0 aliphatic heterocycles. The van der Waals surface area contributed by atoms with E-state index in [1.165, 1.54) is 11.1 Å². The Morgan fingerprint density at radius 2 is 1.55 bits per heavy atom. The fourth-order valence-electron chi connectivity index (χ4n) is 4.65. The summed E-state index contributed by atoms with van der Waals surface area (Å²) in [6, 6.07) is 14.5. The van der Waals surface area contributed by atoms with Crippen molar-refractivity contribution in [2.75, 3.05) is 0 Å². The number of hydrogen-bond acceptors (Lipinski definition) is 3. The summed E-state index contributed by atoms with van der Waals surface area (Å²) in [6.07, 6.45) is 7.01. The minimum Gasteiger partial charge on any atom is -0.373 e. The fraction of sp³-hybridized carbons (Fsp3) is 0.423. The van der Waals surface area contributed by atoms with Gasteiger partial charge in [0.25, 0.3) is 0 Å². The number of ether oxygens (including phenoxy) is 1. The summed E-state index contributed by atoms with van der Waals surface area (Å²) < 4.78 is 12.2. The van der Waals surface area contributed by atoms with E-state index >= 15 is 0 Å². The van der Waals surface area contributed by atoms with Crippen molar-refractivity contribution in [3.8, 4) is 11.3 Å². The lowest BCUT2D eigenvalue weighted by atomic mass is 9.82. The molecule has 1 heterocycles. The molecule has 0 spiro atoms. The van der Waals surface area contributed by atoms with Crippen molar-refractivity contribution in [1.29, 1.82) is 0 Å². The van der Waals surface area contributed by atoms with E-state index in [1.807, 2.05) is 18.2 Å². The van der Waals surface area contributed by atoms with Crippen molar-refractivity contribution in [1.82, 2.24) is 5.16 Å². The van der Waals surface area contributed by atoms with Crippen LogP contribution in [0.3, 0.4) is 0 Å². The van der Waals surface area contributed by atoms with E-state index in [4.69, 9.17) is 32.5 Å². The van der Waals surface area contributed by atoms with Crippen molar-refractivity contribution >= 4 is 23.2 Å². The average molecular weight is 456 g/mol. The van der Waals surface area contributed by atoms with Crippen molar-refractivity contribution in [3.63, 3.8) is 0 Å². The number of hydrogen-bond donors (Lipinski definition) is 0. The molecule has 1 aromatic heterocycles. The summed E-state index contributed by atoms with van der Waals surface area (Å²) in [5.41, 5.74) is 5.25. The molecule has 2 aliphatic carbocycles. The van der Waals surface area contributed by atoms with Crippen LogP contribution in [0, 0.1) is 6.92 Å². The first-order valence-corrected chi connectivity index (χ1v) is 12.0. The number of aryl methyl sites for hydroxylation is 1. The third kappa shape index (κ3) is 4.55. The zero-order valence-electron chi connectivity index (χ0n) is 17.7. The fourth-order valence-corrected chi connectivity index (χ4v) is 5.23. The van der Waals surface area contributed by atoms with Crippen LogP contribution >= 0.6 is 23.2 Å². The number of benzene rings is 2. The maximum absolute atomic E-state index is 6.47. The van der Waals surface area contributed by atoms with Gasteiger partial charge in [0.1, 0.15) is 11.5 Å². The second-order valence-electron chi connectivity index (χ2n) is 8.94. The van der Waals surface area contributed by atoms with Gasteiger partial charge in [-0.05, 0) is 69.1 Å². The molecular formula is C26H27Cl2NO2. The SMILES string of the molecule is Cc1ccc([C@H]2CC[C@H](OCc3c(-c4c(Cl)cccc4Cl)noc3C3CC3)CC2)cc1. The molecule has 0 bridgehead atoms. The van der Waals surface area contributed by atoms with Gasteiger partial charge < -0.3 is 9.26 Å². The molecule has 0 unspecified atom stereocenters. The Hall–Kier alpha value is -1.81. The highest BCUT2D eigenvalue weighted by Crippen LogP contribution is 2.46. The molecule has 2 aromatic carbocycles. The van der Waals surface area contributed by atoms with Crippen LogP contribution in [-0.2, 0) is 11.3 Å². The van der Waals surface area contributed by atoms with Gasteiger partial charge in [-0.25, -0.2) is 0 Å². The Morgan fingerprint density at radius 1 is 0.903 bits per heavy atom. The molecule has 0 amide bonds. The highest BCUT2D eigenvalue weighted by atomic mass is 35.5. The molecule has 3 nitrogen and oxygen atoms in total. The normalized spacial score (nSPS) is 21.4. The van der Waals surface area contributed by atoms with E-state index in [2.05, 4.69) is 36.3 Å². The Bertz CT molecular complexity index is 1030. The summed E-state index contributed by atoms with van der Waals surface area (Å²) >= 11 is 12.9. The van der Waals surface area contributed by atoms with Gasteiger partial charge in [-0.1, -0.05) is 64.3 Å². The second kappa shape index (κ2) is 8.97. The van der Waals surface area contributed by atoms with Crippen LogP contribution in [0.2, 0.25) is 10.0 Å². The summed E-state index contributed by atoms with van der Waals surface area (Å²) in [6.45, 7) is 2.63. The molecule has 0 saturated heterocycles. The van der Waals surface area contributed by atoms with Crippen molar-refractivity contribution in [2.24, 2.45) is 0 Å². The Morgan fingerprint density at radius 3 is 2.19 bits per heavy atom. The van der Waals surface area contributed by atoms with Crippen LogP contribution in [0.15, 0.2) is 47.0 Å². The minimum atomic E-state index is 0.262. The van der Waals surface area contributed by atoms with E-state index in [0.29, 0.717) is 28.5 Å². The van der Waals surface area contributed by atoms with Gasteiger partial charge in [0.05, 0.1) is 22.8 Å². The predicted molar refractivity (Wildman–Crippen MR) is 125 cm³/mol. The molecule has 0 radical (unpaired) electrons. The number of halogens is 2. The Kier molecular flexibility index (Phi) is 6.10. The first-order chi connectivity index (χ1) is 15.1. The average Bonchev–Trinajstić information content (AvgIpc) is 3.54. The highest BCUT2D eigenvalue weighted by Gasteiger charge is 2.34. The molecule has 0 atom stereocenters. The molecule has 3 aromatic rings. The lowest BCUT2D eigenvalue weighted by Gasteiger charge is -2.29. The zero-order valence-corrected chi connectivity index (χ0v) is 19.3. The lowest BCUT2D eigenvalue weighted by molar-refractivity contribution is 0.0129. The van der Waals surface area contributed by atoms with Gasteiger partial charge in [-0.2, -0.15) is 0 Å². The maximum Gasteiger partial charge on any atom is 0.145 e. The van der Waals surface area contributed by atoms with Crippen LogP contribution in [0.1, 0.15) is 72.8 Å². The monoisotopic (exact) mass is 455 g/mol. The molecular weight excluding hydrogens is 429 g/mol. The Balaban J connectivity index is 1.29. The van der Waals surface area contributed by atoms with Crippen LogP contribution in [0.4, 0.5) is 0 Å². The summed E-state index contributed by atoms with van der Waals surface area (Å²) in [5.74, 6) is 2.02. The minimum absolute atomic E-state index is 0.262. The van der Waals surface area contributed by atoms with E-state index in [0.717, 1.165) is 61.1 Å². The number of aromatic nitrogens is 1. The van der Waals surface area contributed by atoms with Crippen LogP contribution in [0.25, 0.3) is 11.3 Å². The first kappa shape index (κ1) is 21.1. The van der Waals surface area contributed by atoms with Gasteiger partial charge >= 0.3 is 0 Å². The van der Waals surface area contributed by atoms with Crippen molar-refractivity contribution in [3.05, 3.63) is 75.0 Å². The molecule has 5 heteroatoms. The quantitative estimate of drug-likeness (QED) is 0.376. The molecule has 2 saturated carbocycles. The van der Waals surface area contributed by atoms with Crippen LogP contribution in [0.5, 0.6) is 0 Å². The third-order valence-electron chi connectivity index (χ3n) is 6.65. The number of rotatable bonds is 6. The van der Waals surface area contributed by atoms with E-state index < -0.39 is 0 Å². The third-order valence-corrected chi connectivity index (χ3v) is 7.28. The second-order valence-corrected chi connectivity index (χ2v) is 9.75. The van der Waals surface area contributed by atoms with Gasteiger partial charge in [0.15, 0.2) is 0 Å². The topological polar surface area (TPSA) is 35.3 Å². The van der Waals surface area contributed by atoms with Gasteiger partial charge in [-0.3, -0.25) is 0 Å². The van der Waals surface area contributed by atoms with E-state index in [1.54, 1.807) is 0 Å². The number of nitrogens with zero attached hydrogens (tertiary/aromatic N) is 1. The van der Waals surface area contributed by atoms with Gasteiger partial charge in [-0.15, -0.1) is 0 Å². The maximum atomic E-state index is 6.47. The zero-order chi connectivity index (χ0) is 21.4. The molecule has 2 fully saturated rings. The predicted octanol–water partition coefficient (Wildman–Crippen LogP) is 8.08. The van der Waals surface area contributed by atoms with Crippen molar-refractivity contribution < 1.29 is 9.26 Å². The lowest BCUT2D eigenvalue weighted by Crippen LogP contribution is -2.21. The summed E-state index contributed by atoms with van der Waals surface area (Å²) in [7, 11) is 0. The largest absolute Gasteiger partial charge is 0.373 e. The molecule has 2 aliphatic rings. The Labute approximate surface area is 193 Å². The molecule has 31 heavy (non-hydrogen) atoms. The molecule has 0 N–H and O–H groups in total. The first-order valence-electron chi connectivity index (χ1n) is 11.2. The van der Waals surface area contributed by atoms with E-state index in [-0.39, 0.29) is 6.10 Å². The smallest absolute Gasteiger partial charge is 0.145 e. The standard InChI is InChI=1S/C26H27Cl2NO2/c1-16-5-7-17(8-6-16)18-11-13-20(14-12-18)30-15-21-25(29-31-26(21)19-9-10-19)24-22(27)3-2-4-23(24)28/h2-8,18-20H,9-15H2,1H3/t18-,20-. The summed E-state index contributed by atoms with van der Waals surface area (Å²) in [4.78, 5) is 0. The van der Waals surface area contributed by atoms with Crippen LogP contribution in [-0.4, -0.2) is 11.3 Å². The highest BCUT2D eigenvalue weighted by molar-refractivity contribution is 6.39. The van der Waals surface area contributed by atoms with Crippen LogP contribution < -0.4 is 0 Å². The summed E-state index contributed by atoms with van der Waals surface area (Å²) in [5, 5.41) is 5.54. The molecule has 5 rings (SSSR count). The van der Waals surface area contributed by atoms with Crippen molar-refractivity contribution in [2.45, 2.75) is 70.0 Å². The molecule has 162 valence electrons. The van der Waals surface area contributed by atoms with E-state index in [9.17, 15) is 0 Å². The van der Waals surface area contributed by atoms with Gasteiger partial charge in [0, 0.05) is 17.0 Å². The van der Waals surface area contributed by atoms with Gasteiger partial charge in [0.2, 0.25) is 0 Å².